The molecule has 0 spiro atoms. The van der Waals surface area contributed by atoms with E-state index >= 15 is 0 Å². The first kappa shape index (κ1) is 10.1. The Morgan fingerprint density at radius 2 is 2.40 bits per heavy atom. The predicted octanol–water partition coefficient (Wildman–Crippen LogP) is 2.42. The Kier molecular flexibility index (Phi) is 2.71. The molecule has 1 aliphatic carbocycles. The van der Waals surface area contributed by atoms with Crippen LogP contribution < -0.4 is 0 Å². The third-order valence-corrected chi connectivity index (χ3v) is 2.95. The van der Waals surface area contributed by atoms with Gasteiger partial charge in [-0.15, -0.1) is 0 Å². The van der Waals surface area contributed by atoms with Gasteiger partial charge >= 0.3 is 5.97 Å². The van der Waals surface area contributed by atoms with Gasteiger partial charge in [0.2, 0.25) is 0 Å². The van der Waals surface area contributed by atoms with E-state index in [0.29, 0.717) is 5.56 Å². The Morgan fingerprint density at radius 1 is 1.60 bits per heavy atom. The van der Waals surface area contributed by atoms with Gasteiger partial charge in [-0.25, -0.2) is 4.39 Å². The third-order valence-electron chi connectivity index (χ3n) is 2.95. The lowest BCUT2D eigenvalue weighted by Gasteiger charge is -2.10. The molecule has 0 fully saturated rings. The standard InChI is InChI=1S/C12H13FO2/c1-15-11(14)7-9-6-5-8-3-2-4-10(13)12(8)9/h2-4,9H,5-7H2,1H3. The van der Waals surface area contributed by atoms with Gasteiger partial charge in [-0.1, -0.05) is 12.1 Å². The van der Waals surface area contributed by atoms with Gasteiger partial charge in [-0.2, -0.15) is 0 Å². The number of benzene rings is 1. The zero-order valence-electron chi connectivity index (χ0n) is 8.63. The maximum Gasteiger partial charge on any atom is 0.306 e. The molecule has 2 rings (SSSR count). The maximum atomic E-state index is 13.5. The first-order valence-corrected chi connectivity index (χ1v) is 5.06. The first-order valence-electron chi connectivity index (χ1n) is 5.06. The second-order valence-electron chi connectivity index (χ2n) is 3.83. The third kappa shape index (κ3) is 1.87. The Morgan fingerprint density at radius 3 is 3.13 bits per heavy atom. The van der Waals surface area contributed by atoms with Crippen LogP contribution in [0.4, 0.5) is 4.39 Å². The summed E-state index contributed by atoms with van der Waals surface area (Å²) in [6.45, 7) is 0. The molecule has 0 aliphatic heterocycles. The highest BCUT2D eigenvalue weighted by atomic mass is 19.1. The van der Waals surface area contributed by atoms with E-state index in [-0.39, 0.29) is 24.1 Å². The van der Waals surface area contributed by atoms with Crippen molar-refractivity contribution in [3.63, 3.8) is 0 Å². The highest BCUT2D eigenvalue weighted by Crippen LogP contribution is 2.37. The normalized spacial score (nSPS) is 18.7. The summed E-state index contributed by atoms with van der Waals surface area (Å²) >= 11 is 0. The molecule has 15 heavy (non-hydrogen) atoms. The molecule has 0 aromatic heterocycles. The average Bonchev–Trinajstić information content (AvgIpc) is 2.63. The molecule has 3 heteroatoms. The molecule has 1 aromatic rings. The first-order chi connectivity index (χ1) is 7.22. The van der Waals surface area contributed by atoms with Crippen LogP contribution in [0.1, 0.15) is 29.9 Å². The van der Waals surface area contributed by atoms with E-state index in [1.807, 2.05) is 6.07 Å². The fraction of sp³-hybridized carbons (Fsp3) is 0.417. The second-order valence-corrected chi connectivity index (χ2v) is 3.83. The molecular weight excluding hydrogens is 195 g/mol. The SMILES string of the molecule is COC(=O)CC1CCc2cccc(F)c21. The van der Waals surface area contributed by atoms with E-state index in [4.69, 9.17) is 0 Å². The summed E-state index contributed by atoms with van der Waals surface area (Å²) in [4.78, 5) is 11.1. The van der Waals surface area contributed by atoms with E-state index in [2.05, 4.69) is 4.74 Å². The van der Waals surface area contributed by atoms with Gasteiger partial charge in [0.25, 0.3) is 0 Å². The van der Waals surface area contributed by atoms with Crippen molar-refractivity contribution in [1.29, 1.82) is 0 Å². The number of esters is 1. The van der Waals surface area contributed by atoms with Crippen molar-refractivity contribution < 1.29 is 13.9 Å². The van der Waals surface area contributed by atoms with Gasteiger partial charge in [-0.3, -0.25) is 4.79 Å². The number of fused-ring (bicyclic) bond motifs is 1. The number of aryl methyl sites for hydroxylation is 1. The van der Waals surface area contributed by atoms with Gasteiger partial charge in [0.05, 0.1) is 13.5 Å². The Bertz CT molecular complexity index is 387. The zero-order chi connectivity index (χ0) is 10.8. The molecule has 0 saturated carbocycles. The molecule has 0 N–H and O–H groups in total. The highest BCUT2D eigenvalue weighted by molar-refractivity contribution is 5.70. The number of methoxy groups -OCH3 is 1. The van der Waals surface area contributed by atoms with Crippen molar-refractivity contribution in [2.24, 2.45) is 0 Å². The summed E-state index contributed by atoms with van der Waals surface area (Å²) < 4.78 is 18.1. The number of ether oxygens (including phenoxy) is 1. The second kappa shape index (κ2) is 4.01. The number of halogens is 1. The van der Waals surface area contributed by atoms with Crippen LogP contribution in [0, 0.1) is 5.82 Å². The summed E-state index contributed by atoms with van der Waals surface area (Å²) in [5, 5.41) is 0. The van der Waals surface area contributed by atoms with E-state index in [0.717, 1.165) is 18.4 Å². The van der Waals surface area contributed by atoms with Crippen LogP contribution in [-0.4, -0.2) is 13.1 Å². The van der Waals surface area contributed by atoms with Crippen LogP contribution in [0.5, 0.6) is 0 Å². The molecular formula is C12H13FO2. The highest BCUT2D eigenvalue weighted by Gasteiger charge is 2.27. The smallest absolute Gasteiger partial charge is 0.306 e. The molecule has 1 unspecified atom stereocenters. The number of carbonyl (C=O) groups excluding carboxylic acids is 1. The largest absolute Gasteiger partial charge is 0.469 e. The van der Waals surface area contributed by atoms with Crippen molar-refractivity contribution in [3.05, 3.63) is 35.1 Å². The lowest BCUT2D eigenvalue weighted by Crippen LogP contribution is -2.07. The van der Waals surface area contributed by atoms with Crippen LogP contribution in [0.15, 0.2) is 18.2 Å². The van der Waals surface area contributed by atoms with Gasteiger partial charge in [0, 0.05) is 0 Å². The van der Waals surface area contributed by atoms with Crippen molar-refractivity contribution in [3.8, 4) is 0 Å². The van der Waals surface area contributed by atoms with Crippen molar-refractivity contribution in [2.75, 3.05) is 7.11 Å². The van der Waals surface area contributed by atoms with Crippen LogP contribution in [-0.2, 0) is 16.0 Å². The summed E-state index contributed by atoms with van der Waals surface area (Å²) in [6, 6.07) is 5.10. The molecule has 0 saturated heterocycles. The molecule has 0 heterocycles. The fourth-order valence-corrected chi connectivity index (χ4v) is 2.22. The molecule has 0 bridgehead atoms. The number of rotatable bonds is 2. The monoisotopic (exact) mass is 208 g/mol. The van der Waals surface area contributed by atoms with E-state index < -0.39 is 0 Å². The fourth-order valence-electron chi connectivity index (χ4n) is 2.22. The quantitative estimate of drug-likeness (QED) is 0.698. The Balaban J connectivity index is 2.24. The zero-order valence-corrected chi connectivity index (χ0v) is 8.63. The van der Waals surface area contributed by atoms with Crippen LogP contribution in [0.2, 0.25) is 0 Å². The molecule has 1 aliphatic rings. The average molecular weight is 208 g/mol. The van der Waals surface area contributed by atoms with Crippen LogP contribution >= 0.6 is 0 Å². The Labute approximate surface area is 88.1 Å². The number of hydrogen-bond donors (Lipinski definition) is 0. The summed E-state index contributed by atoms with van der Waals surface area (Å²) in [6.07, 6.45) is 1.98. The minimum Gasteiger partial charge on any atom is -0.469 e. The predicted molar refractivity (Wildman–Crippen MR) is 54.1 cm³/mol. The number of hydrogen-bond acceptors (Lipinski definition) is 2. The molecule has 0 radical (unpaired) electrons. The Hall–Kier alpha value is -1.38. The molecule has 80 valence electrons. The summed E-state index contributed by atoms with van der Waals surface area (Å²) in [7, 11) is 1.36. The van der Waals surface area contributed by atoms with Crippen LogP contribution in [0.3, 0.4) is 0 Å². The molecule has 1 aromatic carbocycles. The van der Waals surface area contributed by atoms with Crippen molar-refractivity contribution in [1.82, 2.24) is 0 Å². The summed E-state index contributed by atoms with van der Waals surface area (Å²) in [5.41, 5.74) is 1.74. The van der Waals surface area contributed by atoms with E-state index in [1.165, 1.54) is 13.2 Å². The van der Waals surface area contributed by atoms with E-state index in [9.17, 15) is 9.18 Å². The molecule has 1 atom stereocenters. The lowest BCUT2D eigenvalue weighted by molar-refractivity contribution is -0.141. The molecule has 2 nitrogen and oxygen atoms in total. The van der Waals surface area contributed by atoms with Crippen molar-refractivity contribution in [2.45, 2.75) is 25.2 Å². The minimum absolute atomic E-state index is 0.00588. The van der Waals surface area contributed by atoms with Gasteiger partial charge in [-0.05, 0) is 36.0 Å². The summed E-state index contributed by atoms with van der Waals surface area (Å²) in [5.74, 6) is -0.469. The minimum atomic E-state index is -0.267. The topological polar surface area (TPSA) is 26.3 Å². The maximum absolute atomic E-state index is 13.5. The van der Waals surface area contributed by atoms with Gasteiger partial charge in [0.15, 0.2) is 0 Å². The van der Waals surface area contributed by atoms with Crippen molar-refractivity contribution >= 4 is 5.97 Å². The van der Waals surface area contributed by atoms with Crippen LogP contribution in [0.25, 0.3) is 0 Å². The van der Waals surface area contributed by atoms with Gasteiger partial charge < -0.3 is 4.74 Å². The van der Waals surface area contributed by atoms with E-state index in [1.54, 1.807) is 6.07 Å². The molecule has 0 amide bonds. The lowest BCUT2D eigenvalue weighted by atomic mass is 9.97. The number of carbonyl (C=O) groups is 1. The van der Waals surface area contributed by atoms with Gasteiger partial charge in [0.1, 0.15) is 5.82 Å².